The maximum atomic E-state index is 12.0. The molecule has 2 rings (SSSR count). The summed E-state index contributed by atoms with van der Waals surface area (Å²) in [7, 11) is 0. The number of amides is 1. The van der Waals surface area contributed by atoms with Gasteiger partial charge in [0, 0.05) is 37.3 Å². The molecule has 0 unspecified atom stereocenters. The molecule has 2 heterocycles. The van der Waals surface area contributed by atoms with Crippen LogP contribution in [0, 0.1) is 0 Å². The first-order chi connectivity index (χ1) is 10.7. The zero-order valence-corrected chi connectivity index (χ0v) is 13.0. The Morgan fingerprint density at radius 2 is 2.27 bits per heavy atom. The summed E-state index contributed by atoms with van der Waals surface area (Å²) < 4.78 is 7.17. The van der Waals surface area contributed by atoms with Crippen LogP contribution in [0.1, 0.15) is 32.3 Å². The number of nitrogens with zero attached hydrogens (tertiary/aromatic N) is 3. The van der Waals surface area contributed by atoms with Crippen molar-refractivity contribution in [3.8, 4) is 5.82 Å². The van der Waals surface area contributed by atoms with Gasteiger partial charge in [-0.25, -0.2) is 9.67 Å². The van der Waals surface area contributed by atoms with E-state index in [0.29, 0.717) is 19.0 Å². The number of ether oxygens (including phenoxy) is 1. The molecule has 1 atom stereocenters. The molecule has 0 aliphatic heterocycles. The third-order valence-corrected chi connectivity index (χ3v) is 3.28. The fraction of sp³-hybridized carbons (Fsp3) is 0.438. The Kier molecular flexibility index (Phi) is 6.09. The molecule has 1 amide bonds. The minimum Gasteiger partial charge on any atom is -0.369 e. The minimum absolute atomic E-state index is 0.119. The predicted molar refractivity (Wildman–Crippen MR) is 83.5 cm³/mol. The van der Waals surface area contributed by atoms with Gasteiger partial charge >= 0.3 is 0 Å². The van der Waals surface area contributed by atoms with Gasteiger partial charge in [0.25, 0.3) is 0 Å². The van der Waals surface area contributed by atoms with E-state index in [1.807, 2.05) is 24.4 Å². The molecule has 2 aromatic rings. The van der Waals surface area contributed by atoms with Gasteiger partial charge in [-0.2, -0.15) is 5.10 Å². The van der Waals surface area contributed by atoms with Crippen LogP contribution in [0.25, 0.3) is 5.82 Å². The first-order valence-electron chi connectivity index (χ1n) is 7.55. The zero-order valence-electron chi connectivity index (χ0n) is 13.0. The normalized spacial score (nSPS) is 12.1. The van der Waals surface area contributed by atoms with E-state index in [4.69, 9.17) is 4.74 Å². The largest absolute Gasteiger partial charge is 0.369 e. The average molecular weight is 302 g/mol. The first-order valence-corrected chi connectivity index (χ1v) is 7.55. The number of unbranched alkanes of at least 4 members (excludes halogenated alkanes) is 1. The molecule has 0 spiro atoms. The van der Waals surface area contributed by atoms with E-state index in [1.165, 1.54) is 0 Å². The number of nitrogens with one attached hydrogen (secondary N) is 1. The van der Waals surface area contributed by atoms with Crippen LogP contribution in [0.4, 0.5) is 0 Å². The van der Waals surface area contributed by atoms with E-state index in [-0.39, 0.29) is 5.91 Å². The van der Waals surface area contributed by atoms with Crippen molar-refractivity contribution < 1.29 is 9.53 Å². The molecule has 0 fully saturated rings. The topological polar surface area (TPSA) is 69.0 Å². The number of hydrogen-bond acceptors (Lipinski definition) is 4. The number of hydrogen-bond donors (Lipinski definition) is 1. The molecule has 0 radical (unpaired) electrons. The number of carbonyl (C=O) groups is 1. The lowest BCUT2D eigenvalue weighted by Crippen LogP contribution is -2.34. The third kappa shape index (κ3) is 4.39. The summed E-state index contributed by atoms with van der Waals surface area (Å²) in [4.78, 5) is 16.4. The van der Waals surface area contributed by atoms with Crippen LogP contribution >= 0.6 is 0 Å². The summed E-state index contributed by atoms with van der Waals surface area (Å²) in [6.45, 7) is 4.86. The molecule has 0 saturated carbocycles. The molecule has 6 heteroatoms. The van der Waals surface area contributed by atoms with Crippen LogP contribution in [-0.2, 0) is 16.1 Å². The van der Waals surface area contributed by atoms with Crippen LogP contribution in [0.5, 0.6) is 0 Å². The van der Waals surface area contributed by atoms with Gasteiger partial charge < -0.3 is 10.1 Å². The highest BCUT2D eigenvalue weighted by Gasteiger charge is 2.14. The molecular formula is C16H22N4O2. The number of aromatic nitrogens is 3. The van der Waals surface area contributed by atoms with Crippen molar-refractivity contribution in [2.24, 2.45) is 0 Å². The van der Waals surface area contributed by atoms with E-state index in [2.05, 4.69) is 22.3 Å². The quantitative estimate of drug-likeness (QED) is 0.758. The lowest BCUT2D eigenvalue weighted by molar-refractivity contribution is -0.131. The van der Waals surface area contributed by atoms with Gasteiger partial charge in [0.15, 0.2) is 5.82 Å². The lowest BCUT2D eigenvalue weighted by atomic mass is 10.2. The second-order valence-electron chi connectivity index (χ2n) is 5.02. The number of carbonyl (C=O) groups excluding carboxylic acids is 1. The Hall–Kier alpha value is -2.21. The first kappa shape index (κ1) is 16.2. The summed E-state index contributed by atoms with van der Waals surface area (Å²) in [6.07, 6.45) is 6.79. The van der Waals surface area contributed by atoms with Crippen molar-refractivity contribution in [2.75, 3.05) is 6.61 Å². The highest BCUT2D eigenvalue weighted by Crippen LogP contribution is 2.10. The molecule has 0 aliphatic rings. The van der Waals surface area contributed by atoms with Crippen molar-refractivity contribution in [3.05, 3.63) is 42.4 Å². The summed E-state index contributed by atoms with van der Waals surface area (Å²) in [5.74, 6) is 0.596. The summed E-state index contributed by atoms with van der Waals surface area (Å²) in [6, 6.07) is 5.60. The van der Waals surface area contributed by atoms with Gasteiger partial charge in [-0.3, -0.25) is 4.79 Å². The van der Waals surface area contributed by atoms with Crippen molar-refractivity contribution >= 4 is 5.91 Å². The van der Waals surface area contributed by atoms with Crippen LogP contribution in [0.3, 0.4) is 0 Å². The van der Waals surface area contributed by atoms with Crippen LogP contribution in [0.2, 0.25) is 0 Å². The van der Waals surface area contributed by atoms with Crippen LogP contribution < -0.4 is 5.32 Å². The van der Waals surface area contributed by atoms with Gasteiger partial charge in [0.2, 0.25) is 5.91 Å². The Morgan fingerprint density at radius 3 is 3.00 bits per heavy atom. The molecule has 118 valence electrons. The molecule has 2 aromatic heterocycles. The fourth-order valence-electron chi connectivity index (χ4n) is 1.97. The molecule has 0 aromatic carbocycles. The number of pyridine rings is 1. The van der Waals surface area contributed by atoms with E-state index < -0.39 is 6.10 Å². The average Bonchev–Trinajstić information content (AvgIpc) is 3.07. The SMILES string of the molecule is CCCCO[C@@H](C)C(=O)NCc1cccnc1-n1cccn1. The minimum atomic E-state index is -0.448. The fourth-order valence-corrected chi connectivity index (χ4v) is 1.97. The second-order valence-corrected chi connectivity index (χ2v) is 5.02. The van der Waals surface area contributed by atoms with E-state index >= 15 is 0 Å². The maximum absolute atomic E-state index is 12.0. The van der Waals surface area contributed by atoms with Gasteiger partial charge in [-0.05, 0) is 25.5 Å². The maximum Gasteiger partial charge on any atom is 0.249 e. The molecule has 0 aliphatic carbocycles. The Morgan fingerprint density at radius 1 is 1.41 bits per heavy atom. The molecule has 6 nitrogen and oxygen atoms in total. The van der Waals surface area contributed by atoms with Gasteiger partial charge in [-0.1, -0.05) is 19.4 Å². The van der Waals surface area contributed by atoms with E-state index in [0.717, 1.165) is 18.4 Å². The Balaban J connectivity index is 1.93. The monoisotopic (exact) mass is 302 g/mol. The van der Waals surface area contributed by atoms with Gasteiger partial charge in [0.1, 0.15) is 6.10 Å². The van der Waals surface area contributed by atoms with Crippen LogP contribution in [0.15, 0.2) is 36.8 Å². The van der Waals surface area contributed by atoms with Gasteiger partial charge in [0.05, 0.1) is 0 Å². The predicted octanol–water partition coefficient (Wildman–Crippen LogP) is 2.09. The molecule has 1 N–H and O–H groups in total. The second kappa shape index (κ2) is 8.29. The Labute approximate surface area is 130 Å². The lowest BCUT2D eigenvalue weighted by Gasteiger charge is -2.14. The molecule has 0 saturated heterocycles. The van der Waals surface area contributed by atoms with Crippen molar-refractivity contribution in [2.45, 2.75) is 39.3 Å². The zero-order chi connectivity index (χ0) is 15.8. The van der Waals surface area contributed by atoms with Crippen LogP contribution in [-0.4, -0.2) is 33.4 Å². The number of rotatable bonds is 8. The van der Waals surface area contributed by atoms with E-state index in [1.54, 1.807) is 24.0 Å². The smallest absolute Gasteiger partial charge is 0.249 e. The Bertz CT molecular complexity index is 584. The molecule has 0 bridgehead atoms. The summed E-state index contributed by atoms with van der Waals surface area (Å²) in [5.41, 5.74) is 0.903. The summed E-state index contributed by atoms with van der Waals surface area (Å²) in [5, 5.41) is 7.06. The van der Waals surface area contributed by atoms with Crippen molar-refractivity contribution in [3.63, 3.8) is 0 Å². The van der Waals surface area contributed by atoms with Crippen molar-refractivity contribution in [1.82, 2.24) is 20.1 Å². The highest BCUT2D eigenvalue weighted by molar-refractivity contribution is 5.80. The van der Waals surface area contributed by atoms with E-state index in [9.17, 15) is 4.79 Å². The highest BCUT2D eigenvalue weighted by atomic mass is 16.5. The van der Waals surface area contributed by atoms with Crippen molar-refractivity contribution in [1.29, 1.82) is 0 Å². The molecule has 22 heavy (non-hydrogen) atoms. The summed E-state index contributed by atoms with van der Waals surface area (Å²) >= 11 is 0. The molecular weight excluding hydrogens is 280 g/mol. The van der Waals surface area contributed by atoms with Gasteiger partial charge in [-0.15, -0.1) is 0 Å². The third-order valence-electron chi connectivity index (χ3n) is 3.28. The standard InChI is InChI=1S/C16H22N4O2/c1-3-4-11-22-13(2)16(21)18-12-14-7-5-8-17-15(14)20-10-6-9-19-20/h5-10,13H,3-4,11-12H2,1-2H3,(H,18,21)/t13-/m0/s1.